The summed E-state index contributed by atoms with van der Waals surface area (Å²) < 4.78 is 1.20. The number of fused-ring (bicyclic) bond motifs is 1. The van der Waals surface area contributed by atoms with Gasteiger partial charge in [0.25, 0.3) is 0 Å². The molecule has 0 amide bonds. The van der Waals surface area contributed by atoms with E-state index in [0.29, 0.717) is 6.04 Å². The molecule has 2 aromatic rings. The van der Waals surface area contributed by atoms with E-state index < -0.39 is 0 Å². The van der Waals surface area contributed by atoms with Gasteiger partial charge in [0.2, 0.25) is 0 Å². The molecule has 3 rings (SSSR count). The molecule has 90 valence electrons. The zero-order chi connectivity index (χ0) is 11.8. The van der Waals surface area contributed by atoms with Gasteiger partial charge in [-0.3, -0.25) is 0 Å². The molecule has 0 radical (unpaired) electrons. The van der Waals surface area contributed by atoms with Gasteiger partial charge in [0.1, 0.15) is 5.52 Å². The number of halogens is 1. The average molecular weight is 267 g/mol. The maximum absolute atomic E-state index is 6.28. The number of hydrogen-bond acceptors (Lipinski definition) is 3. The number of nitrogens with one attached hydrogen (secondary N) is 1. The van der Waals surface area contributed by atoms with Crippen LogP contribution in [0.1, 0.15) is 26.2 Å². The second-order valence-electron chi connectivity index (χ2n) is 4.88. The van der Waals surface area contributed by atoms with Crippen molar-refractivity contribution in [1.29, 1.82) is 0 Å². The Labute approximate surface area is 110 Å². The van der Waals surface area contributed by atoms with Crippen LogP contribution in [0.15, 0.2) is 17.6 Å². The van der Waals surface area contributed by atoms with E-state index in [1.807, 2.05) is 17.6 Å². The summed E-state index contributed by atoms with van der Waals surface area (Å²) >= 11 is 7.94. The summed E-state index contributed by atoms with van der Waals surface area (Å²) in [6.45, 7) is 2.31. The number of rotatable bonds is 2. The Hall–Kier alpha value is -0.800. The second kappa shape index (κ2) is 4.46. The monoisotopic (exact) mass is 266 g/mol. The Morgan fingerprint density at radius 1 is 1.41 bits per heavy atom. The van der Waals surface area contributed by atoms with E-state index in [9.17, 15) is 0 Å². The highest BCUT2D eigenvalue weighted by molar-refractivity contribution is 7.16. The highest BCUT2D eigenvalue weighted by Gasteiger charge is 2.22. The number of anilines is 1. The Morgan fingerprint density at radius 2 is 2.29 bits per heavy atom. The first-order valence-electron chi connectivity index (χ1n) is 6.02. The Balaban J connectivity index is 1.93. The molecule has 2 nitrogen and oxygen atoms in total. The lowest BCUT2D eigenvalue weighted by molar-refractivity contribution is 0.603. The van der Waals surface area contributed by atoms with E-state index in [2.05, 4.69) is 17.2 Å². The van der Waals surface area contributed by atoms with Gasteiger partial charge in [-0.15, -0.1) is 11.3 Å². The van der Waals surface area contributed by atoms with Gasteiger partial charge in [-0.2, -0.15) is 0 Å². The number of hydrogen-bond donors (Lipinski definition) is 1. The molecular weight excluding hydrogens is 252 g/mol. The van der Waals surface area contributed by atoms with Crippen molar-refractivity contribution in [3.8, 4) is 0 Å². The molecule has 1 aliphatic rings. The molecule has 1 fully saturated rings. The predicted octanol–water partition coefficient (Wildman–Crippen LogP) is 4.55. The van der Waals surface area contributed by atoms with Crippen molar-refractivity contribution in [2.24, 2.45) is 5.92 Å². The molecule has 2 atom stereocenters. The van der Waals surface area contributed by atoms with E-state index in [0.717, 1.165) is 22.1 Å². The minimum absolute atomic E-state index is 0.551. The molecule has 0 bridgehead atoms. The van der Waals surface area contributed by atoms with Crippen LogP contribution in [0.3, 0.4) is 0 Å². The number of aromatic nitrogens is 1. The first kappa shape index (κ1) is 11.3. The van der Waals surface area contributed by atoms with Crippen LogP contribution in [0.4, 0.5) is 5.69 Å². The minimum atomic E-state index is 0.551. The lowest BCUT2D eigenvalue weighted by Crippen LogP contribution is -2.15. The van der Waals surface area contributed by atoms with Gasteiger partial charge in [-0.1, -0.05) is 18.5 Å². The third-order valence-corrected chi connectivity index (χ3v) is 4.60. The topological polar surface area (TPSA) is 24.9 Å². The van der Waals surface area contributed by atoms with Crippen molar-refractivity contribution in [1.82, 2.24) is 4.98 Å². The zero-order valence-corrected chi connectivity index (χ0v) is 11.3. The predicted molar refractivity (Wildman–Crippen MR) is 75.1 cm³/mol. The summed E-state index contributed by atoms with van der Waals surface area (Å²) in [5, 5.41) is 4.36. The van der Waals surface area contributed by atoms with Crippen LogP contribution in [-0.2, 0) is 0 Å². The summed E-state index contributed by atoms with van der Waals surface area (Å²) in [7, 11) is 0. The molecular formula is C13H15ClN2S. The molecule has 1 aliphatic carbocycles. The lowest BCUT2D eigenvalue weighted by atomic mass is 10.1. The maximum Gasteiger partial charge on any atom is 0.106 e. The van der Waals surface area contributed by atoms with Crippen LogP contribution in [0.5, 0.6) is 0 Å². The van der Waals surface area contributed by atoms with Crippen molar-refractivity contribution < 1.29 is 0 Å². The van der Waals surface area contributed by atoms with E-state index in [1.165, 1.54) is 24.0 Å². The van der Waals surface area contributed by atoms with E-state index >= 15 is 0 Å². The van der Waals surface area contributed by atoms with Gasteiger partial charge in [0.05, 0.1) is 20.9 Å². The quantitative estimate of drug-likeness (QED) is 0.863. The van der Waals surface area contributed by atoms with Crippen LogP contribution >= 0.6 is 22.9 Å². The lowest BCUT2D eigenvalue weighted by Gasteiger charge is -2.15. The molecule has 2 unspecified atom stereocenters. The van der Waals surface area contributed by atoms with Gasteiger partial charge in [-0.25, -0.2) is 4.98 Å². The third-order valence-electron chi connectivity index (χ3n) is 3.49. The Kier molecular flexibility index (Phi) is 2.97. The standard InChI is InChI=1S/C13H15ClN2S/c1-8-2-3-9(6-8)16-12-10(14)4-5-11-13(12)15-7-17-11/h4-5,7-9,16H,2-3,6H2,1H3. The summed E-state index contributed by atoms with van der Waals surface area (Å²) in [5.74, 6) is 0.820. The van der Waals surface area contributed by atoms with E-state index in [-0.39, 0.29) is 0 Å². The van der Waals surface area contributed by atoms with Gasteiger partial charge < -0.3 is 5.32 Å². The first-order chi connectivity index (χ1) is 8.24. The summed E-state index contributed by atoms with van der Waals surface area (Å²) in [6.07, 6.45) is 3.78. The van der Waals surface area contributed by atoms with Gasteiger partial charge >= 0.3 is 0 Å². The average Bonchev–Trinajstić information content (AvgIpc) is 2.91. The van der Waals surface area contributed by atoms with Gasteiger partial charge in [-0.05, 0) is 37.3 Å². The van der Waals surface area contributed by atoms with Crippen molar-refractivity contribution >= 4 is 38.8 Å². The molecule has 0 spiro atoms. The maximum atomic E-state index is 6.28. The van der Waals surface area contributed by atoms with Crippen LogP contribution in [0.2, 0.25) is 5.02 Å². The molecule has 0 aliphatic heterocycles. The Bertz CT molecular complexity index is 537. The summed E-state index contributed by atoms with van der Waals surface area (Å²) in [5.41, 5.74) is 3.91. The van der Waals surface area contributed by atoms with Gasteiger partial charge in [0, 0.05) is 6.04 Å². The van der Waals surface area contributed by atoms with E-state index in [1.54, 1.807) is 11.3 Å². The van der Waals surface area contributed by atoms with Crippen molar-refractivity contribution in [3.63, 3.8) is 0 Å². The first-order valence-corrected chi connectivity index (χ1v) is 7.28. The zero-order valence-electron chi connectivity index (χ0n) is 9.74. The Morgan fingerprint density at radius 3 is 3.06 bits per heavy atom. The van der Waals surface area contributed by atoms with Crippen molar-refractivity contribution in [2.45, 2.75) is 32.2 Å². The molecule has 1 heterocycles. The fourth-order valence-electron chi connectivity index (χ4n) is 2.59. The number of thiazole rings is 1. The van der Waals surface area contributed by atoms with Gasteiger partial charge in [0.15, 0.2) is 0 Å². The van der Waals surface area contributed by atoms with Crippen LogP contribution in [0.25, 0.3) is 10.2 Å². The molecule has 4 heteroatoms. The highest BCUT2D eigenvalue weighted by Crippen LogP contribution is 2.35. The fourth-order valence-corrected chi connectivity index (χ4v) is 3.48. The summed E-state index contributed by atoms with van der Waals surface area (Å²) in [4.78, 5) is 4.41. The third kappa shape index (κ3) is 2.14. The smallest absolute Gasteiger partial charge is 0.106 e. The van der Waals surface area contributed by atoms with Crippen LogP contribution in [0, 0.1) is 5.92 Å². The van der Waals surface area contributed by atoms with Crippen LogP contribution < -0.4 is 5.32 Å². The SMILES string of the molecule is CC1CCC(Nc2c(Cl)ccc3scnc23)C1. The van der Waals surface area contributed by atoms with Crippen molar-refractivity contribution in [2.75, 3.05) is 5.32 Å². The molecule has 1 N–H and O–H groups in total. The molecule has 17 heavy (non-hydrogen) atoms. The largest absolute Gasteiger partial charge is 0.379 e. The molecule has 0 saturated heterocycles. The molecule has 1 saturated carbocycles. The molecule has 1 aromatic heterocycles. The summed E-state index contributed by atoms with van der Waals surface area (Å²) in [6, 6.07) is 4.55. The van der Waals surface area contributed by atoms with Crippen molar-refractivity contribution in [3.05, 3.63) is 22.7 Å². The fraction of sp³-hybridized carbons (Fsp3) is 0.462. The molecule has 1 aromatic carbocycles. The van der Waals surface area contributed by atoms with Crippen LogP contribution in [-0.4, -0.2) is 11.0 Å². The minimum Gasteiger partial charge on any atom is -0.379 e. The second-order valence-corrected chi connectivity index (χ2v) is 6.17. The number of nitrogens with zero attached hydrogens (tertiary/aromatic N) is 1. The van der Waals surface area contributed by atoms with E-state index in [4.69, 9.17) is 11.6 Å². The number of benzene rings is 1. The highest BCUT2D eigenvalue weighted by atomic mass is 35.5. The normalized spacial score (nSPS) is 24.4.